The number of hydrogen-bond donors (Lipinski definition) is 0. The Morgan fingerprint density at radius 1 is 1.20 bits per heavy atom. The molecule has 0 spiro atoms. The maximum absolute atomic E-state index is 5.94. The first-order valence-electron chi connectivity index (χ1n) is 6.52. The zero-order valence-corrected chi connectivity index (χ0v) is 18.4. The van der Waals surface area contributed by atoms with Gasteiger partial charge in [0.05, 0.1) is 12.2 Å². The summed E-state index contributed by atoms with van der Waals surface area (Å²) in [4.78, 5) is 0. The van der Waals surface area contributed by atoms with E-state index < -0.39 is 0 Å². The third-order valence-electron chi connectivity index (χ3n) is 2.89. The second kappa shape index (κ2) is 9.94. The molecule has 4 heteroatoms. The van der Waals surface area contributed by atoms with E-state index in [-0.39, 0.29) is 58.6 Å². The third kappa shape index (κ3) is 6.25. The van der Waals surface area contributed by atoms with Gasteiger partial charge in [0.2, 0.25) is 0 Å². The standard InChI is InChI=1S/C16H21O2.ClH.Hg/c1-12(2)9-10-15-11-13(3)17-16(18-15)14-7-5-4-6-8-14;;/h4-10,12-13,15-16H,3,11H2,1-2H3;1H;/q;;+1/p-1/b10-9+;;/t13-,15+,16-;;/m1../s1. The molecule has 2 radical (unpaired) electrons. The van der Waals surface area contributed by atoms with Crippen LogP contribution >= 0.6 is 0 Å². The second-order valence-electron chi connectivity index (χ2n) is 5.04. The van der Waals surface area contributed by atoms with Gasteiger partial charge in [-0.2, -0.15) is 0 Å². The van der Waals surface area contributed by atoms with Crippen molar-refractivity contribution in [2.24, 2.45) is 5.92 Å². The van der Waals surface area contributed by atoms with Gasteiger partial charge in [0.15, 0.2) is 6.29 Å². The van der Waals surface area contributed by atoms with Crippen LogP contribution in [0.3, 0.4) is 0 Å². The van der Waals surface area contributed by atoms with Crippen LogP contribution in [-0.4, -0.2) is 12.2 Å². The topological polar surface area (TPSA) is 18.5 Å². The molecule has 106 valence electrons. The van der Waals surface area contributed by atoms with E-state index in [2.05, 4.69) is 32.9 Å². The van der Waals surface area contributed by atoms with Crippen molar-refractivity contribution < 1.29 is 49.5 Å². The smallest absolute Gasteiger partial charge is 1.00 e. The van der Waals surface area contributed by atoms with E-state index in [1.54, 1.807) is 0 Å². The van der Waals surface area contributed by atoms with E-state index in [9.17, 15) is 0 Å². The molecule has 0 aromatic heterocycles. The van der Waals surface area contributed by atoms with Crippen LogP contribution in [0.5, 0.6) is 0 Å². The molecule has 1 aromatic carbocycles. The minimum atomic E-state index is -0.302. The van der Waals surface area contributed by atoms with Crippen molar-refractivity contribution in [1.29, 1.82) is 0 Å². The molecule has 0 N–H and O–H groups in total. The van der Waals surface area contributed by atoms with Crippen LogP contribution in [-0.2, 0) is 37.1 Å². The largest absolute Gasteiger partial charge is 1.00 e. The van der Waals surface area contributed by atoms with E-state index >= 15 is 0 Å². The molecule has 1 aromatic rings. The SMILES string of the molecule is [CH2][C@@H]1C[C@H](/C=C/C(C)C)O[C@H](c2ccccc2)O1.[Cl-].[Hg+]. The normalized spacial score (nSPS) is 26.1. The average Bonchev–Trinajstić information content (AvgIpc) is 2.37. The Labute approximate surface area is 148 Å². The van der Waals surface area contributed by atoms with Crippen molar-refractivity contribution in [2.45, 2.75) is 38.8 Å². The molecule has 2 nitrogen and oxygen atoms in total. The van der Waals surface area contributed by atoms with Crippen LogP contribution in [0.2, 0.25) is 0 Å². The van der Waals surface area contributed by atoms with Crippen LogP contribution in [0.1, 0.15) is 32.1 Å². The molecule has 0 aliphatic carbocycles. The molecule has 0 amide bonds. The summed E-state index contributed by atoms with van der Waals surface area (Å²) in [6.45, 7) is 8.33. The Morgan fingerprint density at radius 2 is 1.85 bits per heavy atom. The van der Waals surface area contributed by atoms with Crippen LogP contribution in [0, 0.1) is 12.8 Å². The van der Waals surface area contributed by atoms with Crippen LogP contribution in [0.4, 0.5) is 0 Å². The number of halogens is 1. The summed E-state index contributed by atoms with van der Waals surface area (Å²) in [5.74, 6) is 0.537. The second-order valence-corrected chi connectivity index (χ2v) is 5.04. The van der Waals surface area contributed by atoms with Gasteiger partial charge in [0.1, 0.15) is 0 Å². The number of benzene rings is 1. The fourth-order valence-corrected chi connectivity index (χ4v) is 1.97. The minimum Gasteiger partial charge on any atom is -1.00 e. The zero-order valence-electron chi connectivity index (χ0n) is 12.2. The van der Waals surface area contributed by atoms with E-state index in [1.807, 2.05) is 30.3 Å². The summed E-state index contributed by atoms with van der Waals surface area (Å²) in [6, 6.07) is 10.0. The molecule has 1 heterocycles. The van der Waals surface area contributed by atoms with Crippen LogP contribution in [0.25, 0.3) is 0 Å². The molecule has 1 saturated heterocycles. The fourth-order valence-electron chi connectivity index (χ4n) is 1.97. The number of ether oxygens (including phenoxy) is 2. The first kappa shape index (κ1) is 20.1. The zero-order chi connectivity index (χ0) is 13.0. The number of rotatable bonds is 3. The monoisotopic (exact) mass is 482 g/mol. The van der Waals surface area contributed by atoms with Crippen molar-refractivity contribution in [2.75, 3.05) is 0 Å². The minimum absolute atomic E-state index is 0. The van der Waals surface area contributed by atoms with Crippen LogP contribution in [0.15, 0.2) is 42.5 Å². The molecular weight excluding hydrogens is 460 g/mol. The van der Waals surface area contributed by atoms with Gasteiger partial charge in [0, 0.05) is 12.0 Å². The quantitative estimate of drug-likeness (QED) is 0.472. The van der Waals surface area contributed by atoms with Gasteiger partial charge in [-0.05, 0) is 12.8 Å². The number of allylic oxidation sites excluding steroid dienone is 1. The summed E-state index contributed by atoms with van der Waals surface area (Å²) < 4.78 is 11.7. The van der Waals surface area contributed by atoms with Crippen molar-refractivity contribution in [3.8, 4) is 0 Å². The summed E-state index contributed by atoms with van der Waals surface area (Å²) in [7, 11) is 0. The van der Waals surface area contributed by atoms with Gasteiger partial charge in [-0.1, -0.05) is 56.3 Å². The molecule has 1 fully saturated rings. The Bertz CT molecular complexity index is 395. The first-order valence-corrected chi connectivity index (χ1v) is 6.52. The van der Waals surface area contributed by atoms with Gasteiger partial charge in [-0.25, -0.2) is 0 Å². The maximum atomic E-state index is 5.94. The molecule has 0 unspecified atom stereocenters. The van der Waals surface area contributed by atoms with E-state index in [4.69, 9.17) is 9.47 Å². The van der Waals surface area contributed by atoms with E-state index in [1.165, 1.54) is 0 Å². The number of hydrogen-bond acceptors (Lipinski definition) is 2. The van der Waals surface area contributed by atoms with E-state index in [0.717, 1.165) is 12.0 Å². The molecule has 3 atom stereocenters. The van der Waals surface area contributed by atoms with E-state index in [0.29, 0.717) is 5.92 Å². The van der Waals surface area contributed by atoms with Gasteiger partial charge in [-0.3, -0.25) is 0 Å². The molecule has 0 bridgehead atoms. The van der Waals surface area contributed by atoms with Gasteiger partial charge >= 0.3 is 27.7 Å². The average molecular weight is 481 g/mol. The van der Waals surface area contributed by atoms with Crippen molar-refractivity contribution in [1.82, 2.24) is 0 Å². The van der Waals surface area contributed by atoms with Gasteiger partial charge in [0.25, 0.3) is 0 Å². The summed E-state index contributed by atoms with van der Waals surface area (Å²) in [5.41, 5.74) is 1.05. The predicted octanol–water partition coefficient (Wildman–Crippen LogP) is 0.907. The maximum Gasteiger partial charge on any atom is 1.00 e. The molecule has 1 aliphatic heterocycles. The van der Waals surface area contributed by atoms with Crippen LogP contribution < -0.4 is 12.4 Å². The molecule has 0 saturated carbocycles. The van der Waals surface area contributed by atoms with Gasteiger partial charge < -0.3 is 21.9 Å². The molecule has 2 rings (SSSR count). The van der Waals surface area contributed by atoms with Crippen molar-refractivity contribution in [3.63, 3.8) is 0 Å². The first-order chi connectivity index (χ1) is 8.65. The summed E-state index contributed by atoms with van der Waals surface area (Å²) >= 11 is 0. The van der Waals surface area contributed by atoms with Crippen molar-refractivity contribution in [3.05, 3.63) is 55.0 Å². The molecule has 1 aliphatic rings. The predicted molar refractivity (Wildman–Crippen MR) is 72.9 cm³/mol. The summed E-state index contributed by atoms with van der Waals surface area (Å²) in [5, 5.41) is 0. The Kier molecular flexibility index (Phi) is 9.99. The third-order valence-corrected chi connectivity index (χ3v) is 2.89. The molecule has 20 heavy (non-hydrogen) atoms. The van der Waals surface area contributed by atoms with Gasteiger partial charge in [-0.15, -0.1) is 0 Å². The van der Waals surface area contributed by atoms with Crippen molar-refractivity contribution >= 4 is 0 Å². The summed E-state index contributed by atoms with van der Waals surface area (Å²) in [6.07, 6.45) is 4.88. The molecular formula is C16H21ClHgO2. The fraction of sp³-hybridized carbons (Fsp3) is 0.438. The Hall–Kier alpha value is 0.105. The Balaban J connectivity index is 0.00000180. The Morgan fingerprint density at radius 3 is 2.45 bits per heavy atom.